The number of hydrogen-bond acceptors (Lipinski definition) is 5. The molecule has 2 aliphatic heterocycles. The Kier molecular flexibility index (Phi) is 6.14. The molecular formula is C21H17Cl2FN2O4S. The van der Waals surface area contributed by atoms with E-state index in [1.807, 2.05) is 0 Å². The van der Waals surface area contributed by atoms with E-state index >= 15 is 0 Å². The van der Waals surface area contributed by atoms with Gasteiger partial charge in [0.05, 0.1) is 0 Å². The summed E-state index contributed by atoms with van der Waals surface area (Å²) in [5.41, 5.74) is 1.13. The highest BCUT2D eigenvalue weighted by Crippen LogP contribution is 2.54. The largest absolute Gasteiger partial charge is 0.454 e. The van der Waals surface area contributed by atoms with E-state index in [-0.39, 0.29) is 18.1 Å². The molecule has 0 radical (unpaired) electrons. The van der Waals surface area contributed by atoms with Gasteiger partial charge in [-0.15, -0.1) is 11.8 Å². The molecule has 2 atom stereocenters. The Balaban J connectivity index is 1.42. The molecule has 162 valence electrons. The van der Waals surface area contributed by atoms with Gasteiger partial charge in [0.15, 0.2) is 6.61 Å². The second-order valence-electron chi connectivity index (χ2n) is 7.20. The molecule has 2 aromatic rings. The summed E-state index contributed by atoms with van der Waals surface area (Å²) in [6.45, 7) is -0.518. The zero-order valence-electron chi connectivity index (χ0n) is 16.1. The first-order valence-corrected chi connectivity index (χ1v) is 11.2. The first-order chi connectivity index (χ1) is 14.8. The smallest absolute Gasteiger partial charge is 0.330 e. The number of halogens is 3. The van der Waals surface area contributed by atoms with E-state index in [1.165, 1.54) is 47.0 Å². The lowest BCUT2D eigenvalue weighted by molar-refractivity contribution is -0.155. The molecule has 4 rings (SSSR count). The third-order valence-corrected chi connectivity index (χ3v) is 7.22. The first kappa shape index (κ1) is 21.9. The predicted molar refractivity (Wildman–Crippen MR) is 116 cm³/mol. The molecule has 2 fully saturated rings. The molecule has 0 unspecified atom stereocenters. The summed E-state index contributed by atoms with van der Waals surface area (Å²) in [5.74, 6) is -1.44. The molecule has 1 N–H and O–H groups in total. The molecular weight excluding hydrogens is 466 g/mol. The first-order valence-electron chi connectivity index (χ1n) is 9.43. The van der Waals surface area contributed by atoms with Crippen LogP contribution >= 0.6 is 35.0 Å². The Morgan fingerprint density at radius 2 is 1.87 bits per heavy atom. The number of ether oxygens (including phenoxy) is 1. The van der Waals surface area contributed by atoms with Gasteiger partial charge in [0, 0.05) is 27.9 Å². The van der Waals surface area contributed by atoms with Gasteiger partial charge in [-0.2, -0.15) is 0 Å². The number of carbonyl (C=O) groups is 3. The molecule has 0 aliphatic carbocycles. The van der Waals surface area contributed by atoms with Crippen molar-refractivity contribution < 1.29 is 23.5 Å². The fourth-order valence-electron chi connectivity index (χ4n) is 3.88. The van der Waals surface area contributed by atoms with E-state index in [0.29, 0.717) is 27.9 Å². The average Bonchev–Trinajstić information content (AvgIpc) is 3.25. The SMILES string of the molecule is O=C(COC(=O)[C@@H]1CS[C@]2(c3ccc(F)cc3)CCC(=O)N12)Nc1cc(Cl)cc(Cl)c1. The topological polar surface area (TPSA) is 75.7 Å². The molecule has 6 nitrogen and oxygen atoms in total. The third kappa shape index (κ3) is 4.37. The Labute approximate surface area is 192 Å². The summed E-state index contributed by atoms with van der Waals surface area (Å²) < 4.78 is 18.6. The number of fused-ring (bicyclic) bond motifs is 1. The van der Waals surface area contributed by atoms with Crippen LogP contribution in [0, 0.1) is 5.82 Å². The van der Waals surface area contributed by atoms with Crippen LogP contribution in [0.15, 0.2) is 42.5 Å². The van der Waals surface area contributed by atoms with Crippen molar-refractivity contribution in [3.63, 3.8) is 0 Å². The Bertz CT molecular complexity index is 1030. The molecule has 0 bridgehead atoms. The van der Waals surface area contributed by atoms with Gasteiger partial charge in [-0.05, 0) is 42.3 Å². The highest BCUT2D eigenvalue weighted by molar-refractivity contribution is 8.00. The number of nitrogens with zero attached hydrogens (tertiary/aromatic N) is 1. The van der Waals surface area contributed by atoms with Crippen LogP contribution in [0.25, 0.3) is 0 Å². The van der Waals surface area contributed by atoms with Crippen molar-refractivity contribution in [1.29, 1.82) is 0 Å². The molecule has 0 spiro atoms. The molecule has 31 heavy (non-hydrogen) atoms. The zero-order valence-corrected chi connectivity index (χ0v) is 18.4. The number of nitrogens with one attached hydrogen (secondary N) is 1. The third-order valence-electron chi connectivity index (χ3n) is 5.19. The highest BCUT2D eigenvalue weighted by atomic mass is 35.5. The molecule has 10 heteroatoms. The van der Waals surface area contributed by atoms with Crippen molar-refractivity contribution in [1.82, 2.24) is 4.90 Å². The van der Waals surface area contributed by atoms with Crippen LogP contribution in [-0.2, 0) is 24.0 Å². The quantitative estimate of drug-likeness (QED) is 0.646. The van der Waals surface area contributed by atoms with Crippen LogP contribution in [0.3, 0.4) is 0 Å². The average molecular weight is 483 g/mol. The number of thioether (sulfide) groups is 1. The number of hydrogen-bond donors (Lipinski definition) is 1. The fraction of sp³-hybridized carbons (Fsp3) is 0.286. The van der Waals surface area contributed by atoms with Crippen LogP contribution in [0.1, 0.15) is 18.4 Å². The molecule has 2 amide bonds. The van der Waals surface area contributed by atoms with E-state index in [2.05, 4.69) is 5.32 Å². The lowest BCUT2D eigenvalue weighted by atomic mass is 10.0. The minimum Gasteiger partial charge on any atom is -0.454 e. The summed E-state index contributed by atoms with van der Waals surface area (Å²) in [6.07, 6.45) is 0.798. The maximum atomic E-state index is 13.4. The van der Waals surface area contributed by atoms with Crippen LogP contribution in [0.5, 0.6) is 0 Å². The molecule has 2 aliphatic rings. The molecule has 2 saturated heterocycles. The predicted octanol–water partition coefficient (Wildman–Crippen LogP) is 4.21. The van der Waals surface area contributed by atoms with Gasteiger partial charge in [0.2, 0.25) is 5.91 Å². The van der Waals surface area contributed by atoms with Crippen LogP contribution in [0.4, 0.5) is 10.1 Å². The molecule has 0 saturated carbocycles. The maximum absolute atomic E-state index is 13.4. The minimum atomic E-state index is -0.821. The zero-order chi connectivity index (χ0) is 22.2. The van der Waals surface area contributed by atoms with Crippen LogP contribution in [-0.4, -0.2) is 41.1 Å². The van der Waals surface area contributed by atoms with Gasteiger partial charge in [0.1, 0.15) is 16.7 Å². The standard InChI is InChI=1S/C21H17Cl2FN2O4S/c22-13-7-14(23)9-16(8-13)25-18(27)10-30-20(29)17-11-31-21(6-5-19(28)26(17)21)12-1-3-15(24)4-2-12/h1-4,7-9,17H,5-6,10-11H2,(H,25,27)/t17-,21-/m0/s1. The maximum Gasteiger partial charge on any atom is 0.330 e. The second-order valence-corrected chi connectivity index (χ2v) is 9.37. The Morgan fingerprint density at radius 1 is 1.19 bits per heavy atom. The fourth-order valence-corrected chi connectivity index (χ4v) is 6.05. The van der Waals surface area contributed by atoms with Crippen molar-refractivity contribution in [3.05, 3.63) is 63.9 Å². The minimum absolute atomic E-state index is 0.172. The van der Waals surface area contributed by atoms with Gasteiger partial charge < -0.3 is 15.0 Å². The summed E-state index contributed by atoms with van der Waals surface area (Å²) in [5, 5.41) is 3.27. The number of anilines is 1. The van der Waals surface area contributed by atoms with E-state index < -0.39 is 29.4 Å². The monoisotopic (exact) mass is 482 g/mol. The molecule has 2 heterocycles. The summed E-state index contributed by atoms with van der Waals surface area (Å²) in [7, 11) is 0. The van der Waals surface area contributed by atoms with Crippen molar-refractivity contribution in [2.45, 2.75) is 23.8 Å². The number of rotatable bonds is 5. The lowest BCUT2D eigenvalue weighted by Crippen LogP contribution is -2.47. The number of amides is 2. The highest BCUT2D eigenvalue weighted by Gasteiger charge is 2.57. The summed E-state index contributed by atoms with van der Waals surface area (Å²) in [4.78, 5) is 38.3. The van der Waals surface area contributed by atoms with Crippen molar-refractivity contribution in [3.8, 4) is 0 Å². The van der Waals surface area contributed by atoms with Gasteiger partial charge in [-0.25, -0.2) is 9.18 Å². The summed E-state index contributed by atoms with van der Waals surface area (Å²) >= 11 is 13.3. The van der Waals surface area contributed by atoms with E-state index in [0.717, 1.165) is 5.56 Å². The number of carbonyl (C=O) groups excluding carboxylic acids is 3. The normalized spacial score (nSPS) is 22.4. The second kappa shape index (κ2) is 8.68. The van der Waals surface area contributed by atoms with Crippen molar-refractivity contribution >= 4 is 58.4 Å². The Hall–Kier alpha value is -2.29. The number of benzene rings is 2. The van der Waals surface area contributed by atoms with Crippen molar-refractivity contribution in [2.75, 3.05) is 17.7 Å². The van der Waals surface area contributed by atoms with Crippen LogP contribution < -0.4 is 5.32 Å². The van der Waals surface area contributed by atoms with E-state index in [4.69, 9.17) is 27.9 Å². The lowest BCUT2D eigenvalue weighted by Gasteiger charge is -2.33. The van der Waals surface area contributed by atoms with Gasteiger partial charge in [0.25, 0.3) is 5.91 Å². The van der Waals surface area contributed by atoms with E-state index in [9.17, 15) is 18.8 Å². The van der Waals surface area contributed by atoms with Crippen molar-refractivity contribution in [2.24, 2.45) is 0 Å². The van der Waals surface area contributed by atoms with Gasteiger partial charge in [-0.1, -0.05) is 35.3 Å². The van der Waals surface area contributed by atoms with E-state index in [1.54, 1.807) is 12.1 Å². The molecule has 0 aromatic heterocycles. The van der Waals surface area contributed by atoms with Gasteiger partial charge in [-0.3, -0.25) is 9.59 Å². The number of esters is 1. The molecule has 2 aromatic carbocycles. The summed E-state index contributed by atoms with van der Waals surface area (Å²) in [6, 6.07) is 9.67. The van der Waals surface area contributed by atoms with Gasteiger partial charge >= 0.3 is 5.97 Å². The van der Waals surface area contributed by atoms with Crippen LogP contribution in [0.2, 0.25) is 10.0 Å². The Morgan fingerprint density at radius 3 is 2.55 bits per heavy atom.